The lowest BCUT2D eigenvalue weighted by Gasteiger charge is -2.29. The fraction of sp³-hybridized carbons (Fsp3) is 0.389. The number of hydrogen-bond donors (Lipinski definition) is 1. The van der Waals surface area contributed by atoms with Crippen LogP contribution < -0.4 is 5.32 Å². The number of benzene rings is 1. The molecule has 2 nitrogen and oxygen atoms in total. The molecule has 1 aromatic carbocycles. The largest absolute Gasteiger partial charge is 0.309 e. The zero-order valence-electron chi connectivity index (χ0n) is 12.3. The summed E-state index contributed by atoms with van der Waals surface area (Å²) in [6.45, 7) is 5.27. The van der Waals surface area contributed by atoms with E-state index in [9.17, 15) is 0 Å². The van der Waals surface area contributed by atoms with E-state index < -0.39 is 0 Å². The van der Waals surface area contributed by atoms with Crippen LogP contribution in [0.15, 0.2) is 48.8 Å². The first-order valence-corrected chi connectivity index (χ1v) is 7.47. The van der Waals surface area contributed by atoms with Crippen LogP contribution in [0.2, 0.25) is 0 Å². The average Bonchev–Trinajstić information content (AvgIpc) is 3.27. The molecular formula is C18H22N2. The SMILES string of the molecule is CCNC(c1cncc(C)c1)C1(c2ccccc2)CC1. The van der Waals surface area contributed by atoms with Crippen molar-refractivity contribution >= 4 is 0 Å². The van der Waals surface area contributed by atoms with Crippen LogP contribution in [0.25, 0.3) is 0 Å². The molecule has 1 N–H and O–H groups in total. The lowest BCUT2D eigenvalue weighted by molar-refractivity contribution is 0.438. The number of rotatable bonds is 5. The Morgan fingerprint density at radius 1 is 1.20 bits per heavy atom. The highest BCUT2D eigenvalue weighted by Gasteiger charge is 2.50. The molecule has 0 radical (unpaired) electrons. The summed E-state index contributed by atoms with van der Waals surface area (Å²) < 4.78 is 0. The van der Waals surface area contributed by atoms with Crippen molar-refractivity contribution < 1.29 is 0 Å². The normalized spacial score (nSPS) is 17.7. The fourth-order valence-electron chi connectivity index (χ4n) is 3.22. The Kier molecular flexibility index (Phi) is 3.58. The molecule has 1 heterocycles. The van der Waals surface area contributed by atoms with E-state index in [0.717, 1.165) is 6.54 Å². The molecule has 1 unspecified atom stereocenters. The maximum atomic E-state index is 4.38. The van der Waals surface area contributed by atoms with Gasteiger partial charge >= 0.3 is 0 Å². The van der Waals surface area contributed by atoms with Gasteiger partial charge in [0.05, 0.1) is 0 Å². The maximum Gasteiger partial charge on any atom is 0.0433 e. The van der Waals surface area contributed by atoms with Gasteiger partial charge in [-0.1, -0.05) is 43.3 Å². The van der Waals surface area contributed by atoms with Gasteiger partial charge in [0.25, 0.3) is 0 Å². The van der Waals surface area contributed by atoms with Gasteiger partial charge in [-0.25, -0.2) is 0 Å². The summed E-state index contributed by atoms with van der Waals surface area (Å²) in [5.41, 5.74) is 4.25. The lowest BCUT2D eigenvalue weighted by Crippen LogP contribution is -2.32. The number of pyridine rings is 1. The quantitative estimate of drug-likeness (QED) is 0.891. The molecule has 2 aromatic rings. The van der Waals surface area contributed by atoms with Crippen molar-refractivity contribution in [2.24, 2.45) is 0 Å². The summed E-state index contributed by atoms with van der Waals surface area (Å²) >= 11 is 0. The van der Waals surface area contributed by atoms with E-state index >= 15 is 0 Å². The maximum absolute atomic E-state index is 4.38. The molecule has 1 atom stereocenters. The molecule has 104 valence electrons. The molecule has 20 heavy (non-hydrogen) atoms. The average molecular weight is 266 g/mol. The number of hydrogen-bond acceptors (Lipinski definition) is 2. The molecule has 1 aromatic heterocycles. The van der Waals surface area contributed by atoms with Crippen LogP contribution in [0, 0.1) is 6.92 Å². The summed E-state index contributed by atoms with van der Waals surface area (Å²) in [4.78, 5) is 4.38. The fourth-order valence-corrected chi connectivity index (χ4v) is 3.22. The van der Waals surface area contributed by atoms with Crippen LogP contribution in [0.1, 0.15) is 42.5 Å². The Morgan fingerprint density at radius 2 is 1.95 bits per heavy atom. The van der Waals surface area contributed by atoms with Crippen molar-refractivity contribution in [3.63, 3.8) is 0 Å². The van der Waals surface area contributed by atoms with E-state index in [1.807, 2.05) is 12.4 Å². The molecule has 0 spiro atoms. The van der Waals surface area contributed by atoms with E-state index in [-0.39, 0.29) is 5.41 Å². The standard InChI is InChI=1S/C18H22N2/c1-3-20-17(15-11-14(2)12-19-13-15)18(9-10-18)16-7-5-4-6-8-16/h4-8,11-13,17,20H,3,9-10H2,1-2H3. The molecule has 0 bridgehead atoms. The number of aryl methyl sites for hydroxylation is 1. The molecule has 0 aliphatic heterocycles. The zero-order valence-corrected chi connectivity index (χ0v) is 12.3. The highest BCUT2D eigenvalue weighted by atomic mass is 14.9. The summed E-state index contributed by atoms with van der Waals surface area (Å²) in [6, 6.07) is 13.5. The monoisotopic (exact) mass is 266 g/mol. The van der Waals surface area contributed by atoms with Gasteiger partial charge in [0.15, 0.2) is 0 Å². The minimum Gasteiger partial charge on any atom is -0.309 e. The third kappa shape index (κ3) is 2.36. The van der Waals surface area contributed by atoms with Gasteiger partial charge in [-0.2, -0.15) is 0 Å². The third-order valence-corrected chi connectivity index (χ3v) is 4.33. The Bertz CT molecular complexity index is 573. The smallest absolute Gasteiger partial charge is 0.0433 e. The molecule has 1 fully saturated rings. The number of nitrogens with zero attached hydrogens (tertiary/aromatic N) is 1. The Labute approximate surface area is 121 Å². The highest BCUT2D eigenvalue weighted by Crippen LogP contribution is 2.56. The van der Waals surface area contributed by atoms with Crippen LogP contribution in [-0.4, -0.2) is 11.5 Å². The molecule has 0 amide bonds. The molecule has 1 aliphatic rings. The van der Waals surface area contributed by atoms with Crippen molar-refractivity contribution in [3.05, 3.63) is 65.5 Å². The summed E-state index contributed by atoms with van der Waals surface area (Å²) in [7, 11) is 0. The Hall–Kier alpha value is -1.67. The Balaban J connectivity index is 1.99. The number of likely N-dealkylation sites (N-methyl/N-ethyl adjacent to an activating group) is 1. The summed E-state index contributed by atoms with van der Waals surface area (Å²) in [5, 5.41) is 3.69. The first kappa shape index (κ1) is 13.3. The number of nitrogens with one attached hydrogen (secondary N) is 1. The predicted octanol–water partition coefficient (Wildman–Crippen LogP) is 3.77. The zero-order chi connectivity index (χ0) is 14.0. The van der Waals surface area contributed by atoms with Gasteiger partial charge in [0, 0.05) is 23.9 Å². The molecule has 1 aliphatic carbocycles. The van der Waals surface area contributed by atoms with Crippen molar-refractivity contribution in [2.75, 3.05) is 6.54 Å². The van der Waals surface area contributed by atoms with Gasteiger partial charge < -0.3 is 5.32 Å². The molecular weight excluding hydrogens is 244 g/mol. The van der Waals surface area contributed by atoms with Gasteiger partial charge in [-0.15, -0.1) is 0 Å². The number of aromatic nitrogens is 1. The third-order valence-electron chi connectivity index (χ3n) is 4.33. The van der Waals surface area contributed by atoms with Crippen molar-refractivity contribution in [2.45, 2.75) is 38.1 Å². The minimum atomic E-state index is 0.257. The lowest BCUT2D eigenvalue weighted by atomic mass is 9.84. The van der Waals surface area contributed by atoms with Crippen molar-refractivity contribution in [3.8, 4) is 0 Å². The van der Waals surface area contributed by atoms with E-state index in [0.29, 0.717) is 6.04 Å². The van der Waals surface area contributed by atoms with E-state index in [4.69, 9.17) is 0 Å². The van der Waals surface area contributed by atoms with Crippen LogP contribution in [-0.2, 0) is 5.41 Å². The molecule has 0 saturated heterocycles. The van der Waals surface area contributed by atoms with Gasteiger partial charge in [0.2, 0.25) is 0 Å². The predicted molar refractivity (Wildman–Crippen MR) is 82.7 cm³/mol. The first-order chi connectivity index (χ1) is 9.76. The van der Waals surface area contributed by atoms with E-state index in [1.165, 1.54) is 29.5 Å². The van der Waals surface area contributed by atoms with Crippen molar-refractivity contribution in [1.29, 1.82) is 0 Å². The first-order valence-electron chi connectivity index (χ1n) is 7.47. The van der Waals surface area contributed by atoms with Crippen molar-refractivity contribution in [1.82, 2.24) is 10.3 Å². The second kappa shape index (κ2) is 5.37. The second-order valence-corrected chi connectivity index (χ2v) is 5.81. The Morgan fingerprint density at radius 3 is 2.55 bits per heavy atom. The van der Waals surface area contributed by atoms with Crippen LogP contribution >= 0.6 is 0 Å². The molecule has 2 heteroatoms. The minimum absolute atomic E-state index is 0.257. The summed E-state index contributed by atoms with van der Waals surface area (Å²) in [5.74, 6) is 0. The highest BCUT2D eigenvalue weighted by molar-refractivity contribution is 5.38. The molecule has 1 saturated carbocycles. The summed E-state index contributed by atoms with van der Waals surface area (Å²) in [6.07, 6.45) is 6.45. The van der Waals surface area contributed by atoms with Crippen LogP contribution in [0.4, 0.5) is 0 Å². The van der Waals surface area contributed by atoms with E-state index in [2.05, 4.69) is 60.5 Å². The van der Waals surface area contributed by atoms with Gasteiger partial charge in [-0.05, 0) is 43.0 Å². The van der Waals surface area contributed by atoms with Gasteiger partial charge in [0.1, 0.15) is 0 Å². The van der Waals surface area contributed by atoms with E-state index in [1.54, 1.807) is 0 Å². The van der Waals surface area contributed by atoms with Gasteiger partial charge in [-0.3, -0.25) is 4.98 Å². The second-order valence-electron chi connectivity index (χ2n) is 5.81. The van der Waals surface area contributed by atoms with Crippen LogP contribution in [0.3, 0.4) is 0 Å². The molecule has 3 rings (SSSR count). The van der Waals surface area contributed by atoms with Crippen LogP contribution in [0.5, 0.6) is 0 Å². The topological polar surface area (TPSA) is 24.9 Å².